The minimum absolute atomic E-state index is 0.0308. The van der Waals surface area contributed by atoms with Crippen LogP contribution < -0.4 is 0 Å². The molecule has 2 bridgehead atoms. The summed E-state index contributed by atoms with van der Waals surface area (Å²) in [6, 6.07) is 10.2. The predicted molar refractivity (Wildman–Crippen MR) is 141 cm³/mol. The molecule has 202 valence electrons. The lowest BCUT2D eigenvalue weighted by molar-refractivity contribution is 0.242. The summed E-state index contributed by atoms with van der Waals surface area (Å²) >= 11 is 0. The second-order valence-electron chi connectivity index (χ2n) is 11.2. The van der Waals surface area contributed by atoms with Crippen LogP contribution in [0.3, 0.4) is 0 Å². The van der Waals surface area contributed by atoms with Crippen molar-refractivity contribution < 1.29 is 17.2 Å². The van der Waals surface area contributed by atoms with E-state index in [0.29, 0.717) is 17.2 Å². The van der Waals surface area contributed by atoms with Crippen molar-refractivity contribution >= 4 is 9.84 Å². The van der Waals surface area contributed by atoms with Gasteiger partial charge in [0.05, 0.1) is 33.8 Å². The van der Waals surface area contributed by atoms with Crippen LogP contribution in [0.4, 0.5) is 8.78 Å². The quantitative estimate of drug-likeness (QED) is 0.348. The smallest absolute Gasteiger partial charge is 0.155 e. The van der Waals surface area contributed by atoms with Crippen molar-refractivity contribution in [3.63, 3.8) is 0 Å². The van der Waals surface area contributed by atoms with Crippen molar-refractivity contribution in [2.75, 3.05) is 12.0 Å². The van der Waals surface area contributed by atoms with Crippen LogP contribution in [-0.4, -0.2) is 50.4 Å². The average Bonchev–Trinajstić information content (AvgIpc) is 3.53. The van der Waals surface area contributed by atoms with E-state index in [-0.39, 0.29) is 34.8 Å². The van der Waals surface area contributed by atoms with Crippen LogP contribution in [0.5, 0.6) is 0 Å². The molecule has 2 atom stereocenters. The Morgan fingerprint density at radius 3 is 2.69 bits per heavy atom. The van der Waals surface area contributed by atoms with Crippen LogP contribution in [-0.2, 0) is 21.7 Å². The highest BCUT2D eigenvalue weighted by molar-refractivity contribution is 7.90. The lowest BCUT2D eigenvalue weighted by Crippen LogP contribution is -2.38. The van der Waals surface area contributed by atoms with Gasteiger partial charge in [-0.25, -0.2) is 31.8 Å². The standard InChI is InChI=1S/C28H28F2N6O2S/c1-16-8-9-19(29)24(25(16)30)20-14-17-18-10-12-28(27(18,2)3,26(17)34-33-20)21-6-5-7-23(32-21)36-15-31-22(35-36)11-13-39(4,37)38/h5-9,14-15,18H,10-13H2,1-4H3/t18-,28-/m0/s1. The van der Waals surface area contributed by atoms with E-state index in [4.69, 9.17) is 4.98 Å². The van der Waals surface area contributed by atoms with Crippen molar-refractivity contribution in [2.24, 2.45) is 5.41 Å². The number of aromatic nitrogens is 6. The Bertz CT molecular complexity index is 1740. The molecule has 8 nitrogen and oxygen atoms in total. The maximum Gasteiger partial charge on any atom is 0.155 e. The van der Waals surface area contributed by atoms with Gasteiger partial charge in [0.25, 0.3) is 0 Å². The highest BCUT2D eigenvalue weighted by Crippen LogP contribution is 2.69. The van der Waals surface area contributed by atoms with Gasteiger partial charge < -0.3 is 0 Å². The Balaban J connectivity index is 1.42. The van der Waals surface area contributed by atoms with Crippen molar-refractivity contribution in [3.8, 4) is 17.1 Å². The second kappa shape index (κ2) is 8.70. The lowest BCUT2D eigenvalue weighted by Gasteiger charge is -2.37. The SMILES string of the molecule is Cc1ccc(F)c(-c2cc3c(nn2)[C@@]2(c4cccc(-n5cnc(CCS(C)(=O)=O)n5)n4)CC[C@@H]3C2(C)C)c1F. The monoisotopic (exact) mass is 550 g/mol. The molecule has 0 radical (unpaired) electrons. The highest BCUT2D eigenvalue weighted by Gasteiger charge is 2.65. The number of aryl methyl sites for hydroxylation is 2. The van der Waals surface area contributed by atoms with Crippen molar-refractivity contribution in [1.29, 1.82) is 0 Å². The Morgan fingerprint density at radius 1 is 1.13 bits per heavy atom. The largest absolute Gasteiger partial charge is 0.233 e. The van der Waals surface area contributed by atoms with Gasteiger partial charge in [0.1, 0.15) is 27.8 Å². The van der Waals surface area contributed by atoms with E-state index in [1.54, 1.807) is 17.7 Å². The number of sulfone groups is 1. The molecule has 0 N–H and O–H groups in total. The Labute approximate surface area is 225 Å². The Morgan fingerprint density at radius 2 is 1.92 bits per heavy atom. The van der Waals surface area contributed by atoms with Gasteiger partial charge in [-0.2, -0.15) is 5.10 Å². The molecule has 3 aromatic heterocycles. The Hall–Kier alpha value is -3.60. The lowest BCUT2D eigenvalue weighted by atomic mass is 9.66. The molecule has 0 saturated heterocycles. The number of fused-ring (bicyclic) bond motifs is 5. The molecule has 4 aromatic rings. The van der Waals surface area contributed by atoms with E-state index in [9.17, 15) is 17.2 Å². The molecule has 0 unspecified atom stereocenters. The molecular weight excluding hydrogens is 522 g/mol. The summed E-state index contributed by atoms with van der Waals surface area (Å²) in [5.41, 5.74) is 2.12. The molecule has 6 rings (SSSR count). The van der Waals surface area contributed by atoms with Gasteiger partial charge >= 0.3 is 0 Å². The Kier molecular flexibility index (Phi) is 5.73. The van der Waals surface area contributed by atoms with Crippen LogP contribution in [0, 0.1) is 24.0 Å². The van der Waals surface area contributed by atoms with Crippen LogP contribution in [0.15, 0.2) is 42.7 Å². The molecule has 1 aromatic carbocycles. The molecular formula is C28H28F2N6O2S. The van der Waals surface area contributed by atoms with Crippen LogP contribution >= 0.6 is 0 Å². The number of nitrogens with zero attached hydrogens (tertiary/aromatic N) is 6. The number of pyridine rings is 1. The fourth-order valence-electron chi connectivity index (χ4n) is 6.49. The average molecular weight is 551 g/mol. The van der Waals surface area contributed by atoms with Gasteiger partial charge in [0.2, 0.25) is 0 Å². The first kappa shape index (κ1) is 25.7. The van der Waals surface area contributed by atoms with E-state index in [1.807, 2.05) is 18.2 Å². The molecule has 2 aliphatic carbocycles. The highest BCUT2D eigenvalue weighted by atomic mass is 32.2. The molecule has 1 fully saturated rings. The molecule has 1 saturated carbocycles. The summed E-state index contributed by atoms with van der Waals surface area (Å²) in [4.78, 5) is 9.24. The topological polar surface area (TPSA) is 104 Å². The number of halogens is 2. The number of rotatable bonds is 6. The van der Waals surface area contributed by atoms with Crippen LogP contribution in [0.1, 0.15) is 60.9 Å². The van der Waals surface area contributed by atoms with Gasteiger partial charge in [0.15, 0.2) is 11.6 Å². The number of benzene rings is 1. The third-order valence-electron chi connectivity index (χ3n) is 8.56. The second-order valence-corrected chi connectivity index (χ2v) is 13.4. The zero-order valence-electron chi connectivity index (χ0n) is 22.1. The van der Waals surface area contributed by atoms with Gasteiger partial charge in [-0.1, -0.05) is 26.0 Å². The van der Waals surface area contributed by atoms with E-state index in [1.165, 1.54) is 24.7 Å². The predicted octanol–water partition coefficient (Wildman–Crippen LogP) is 4.50. The van der Waals surface area contributed by atoms with Crippen LogP contribution in [0.2, 0.25) is 0 Å². The first-order valence-corrected chi connectivity index (χ1v) is 14.9. The van der Waals surface area contributed by atoms with E-state index in [0.717, 1.165) is 29.8 Å². The summed E-state index contributed by atoms with van der Waals surface area (Å²) < 4.78 is 54.2. The van der Waals surface area contributed by atoms with E-state index >= 15 is 0 Å². The summed E-state index contributed by atoms with van der Waals surface area (Å²) in [6.07, 6.45) is 4.63. The minimum atomic E-state index is -3.13. The van der Waals surface area contributed by atoms with Crippen molar-refractivity contribution in [1.82, 2.24) is 29.9 Å². The minimum Gasteiger partial charge on any atom is -0.233 e. The van der Waals surface area contributed by atoms with Crippen LogP contribution in [0.25, 0.3) is 17.1 Å². The normalized spacial score (nSPS) is 21.3. The summed E-state index contributed by atoms with van der Waals surface area (Å²) in [5.74, 6) is -0.218. The molecule has 39 heavy (non-hydrogen) atoms. The zero-order valence-corrected chi connectivity index (χ0v) is 22.9. The van der Waals surface area contributed by atoms with Gasteiger partial charge in [-0.3, -0.25) is 0 Å². The fourth-order valence-corrected chi connectivity index (χ4v) is 7.05. The van der Waals surface area contributed by atoms with Gasteiger partial charge in [-0.15, -0.1) is 10.2 Å². The number of hydrogen-bond acceptors (Lipinski definition) is 7. The molecule has 0 amide bonds. The summed E-state index contributed by atoms with van der Waals surface area (Å²) in [7, 11) is -3.13. The van der Waals surface area contributed by atoms with Gasteiger partial charge in [0, 0.05) is 12.7 Å². The fraction of sp³-hybridized carbons (Fsp3) is 0.393. The van der Waals surface area contributed by atoms with E-state index < -0.39 is 26.9 Å². The molecule has 0 spiro atoms. The van der Waals surface area contributed by atoms with Crippen molar-refractivity contribution in [2.45, 2.75) is 51.4 Å². The third-order valence-corrected chi connectivity index (χ3v) is 9.51. The maximum atomic E-state index is 14.9. The molecule has 3 heterocycles. The first-order valence-electron chi connectivity index (χ1n) is 12.8. The van der Waals surface area contributed by atoms with Gasteiger partial charge in [-0.05, 0) is 66.5 Å². The molecule has 0 aliphatic heterocycles. The third kappa shape index (κ3) is 3.89. The van der Waals surface area contributed by atoms with Crippen molar-refractivity contribution in [3.05, 3.63) is 82.7 Å². The summed E-state index contributed by atoms with van der Waals surface area (Å²) in [5, 5.41) is 13.4. The van der Waals surface area contributed by atoms with E-state index in [2.05, 4.69) is 34.1 Å². The maximum absolute atomic E-state index is 14.9. The summed E-state index contributed by atoms with van der Waals surface area (Å²) in [6.45, 7) is 5.97. The zero-order chi connectivity index (χ0) is 27.7. The molecule has 11 heteroatoms. The number of hydrogen-bond donors (Lipinski definition) is 0. The first-order chi connectivity index (χ1) is 18.4. The molecule has 2 aliphatic rings.